The zero-order chi connectivity index (χ0) is 9.30. The molecule has 0 bridgehead atoms. The van der Waals surface area contributed by atoms with Crippen LogP contribution in [0.4, 0.5) is 10.1 Å². The van der Waals surface area contributed by atoms with Crippen molar-refractivity contribution in [2.75, 3.05) is 5.73 Å². The summed E-state index contributed by atoms with van der Waals surface area (Å²) in [6, 6.07) is 2.31. The number of carbonyl (C=O) groups is 1. The van der Waals surface area contributed by atoms with Crippen LogP contribution in [0.15, 0.2) is 12.1 Å². The summed E-state index contributed by atoms with van der Waals surface area (Å²) in [7, 11) is 0. The quantitative estimate of drug-likeness (QED) is 0.650. The first-order valence-electron chi connectivity index (χ1n) is 3.07. The van der Waals surface area contributed by atoms with Crippen molar-refractivity contribution in [3.05, 3.63) is 28.5 Å². The lowest BCUT2D eigenvalue weighted by Crippen LogP contribution is -2.14. The number of primary amides is 1. The SMILES string of the molecule is NC(=O)c1c(N)ccc(F)c1Cl. The molecule has 0 atom stereocenters. The molecule has 5 heteroatoms. The molecule has 0 saturated heterocycles. The van der Waals surface area contributed by atoms with E-state index in [-0.39, 0.29) is 16.3 Å². The molecule has 12 heavy (non-hydrogen) atoms. The van der Waals surface area contributed by atoms with Gasteiger partial charge in [0.05, 0.1) is 10.6 Å². The van der Waals surface area contributed by atoms with Crippen molar-refractivity contribution in [2.45, 2.75) is 0 Å². The van der Waals surface area contributed by atoms with Gasteiger partial charge in [0.1, 0.15) is 5.82 Å². The van der Waals surface area contributed by atoms with Crippen LogP contribution in [0.25, 0.3) is 0 Å². The van der Waals surface area contributed by atoms with Crippen LogP contribution in [-0.4, -0.2) is 5.91 Å². The van der Waals surface area contributed by atoms with E-state index in [1.54, 1.807) is 0 Å². The largest absolute Gasteiger partial charge is 0.398 e. The van der Waals surface area contributed by atoms with Crippen molar-refractivity contribution in [3.63, 3.8) is 0 Å². The highest BCUT2D eigenvalue weighted by atomic mass is 35.5. The fourth-order valence-corrected chi connectivity index (χ4v) is 1.08. The van der Waals surface area contributed by atoms with E-state index >= 15 is 0 Å². The summed E-state index contributed by atoms with van der Waals surface area (Å²) in [5.74, 6) is -1.54. The Labute approximate surface area is 73.1 Å². The van der Waals surface area contributed by atoms with E-state index in [4.69, 9.17) is 23.1 Å². The predicted molar refractivity (Wildman–Crippen MR) is 44.3 cm³/mol. The zero-order valence-electron chi connectivity index (χ0n) is 5.97. The van der Waals surface area contributed by atoms with Gasteiger partial charge < -0.3 is 11.5 Å². The van der Waals surface area contributed by atoms with Crippen molar-refractivity contribution in [3.8, 4) is 0 Å². The molecule has 0 unspecified atom stereocenters. The Kier molecular flexibility index (Phi) is 2.19. The molecule has 64 valence electrons. The van der Waals surface area contributed by atoms with Gasteiger partial charge in [-0.3, -0.25) is 4.79 Å². The molecule has 0 aliphatic carbocycles. The molecule has 1 rings (SSSR count). The van der Waals surface area contributed by atoms with Gasteiger partial charge in [-0.25, -0.2) is 4.39 Å². The third-order valence-corrected chi connectivity index (χ3v) is 1.74. The molecule has 3 nitrogen and oxygen atoms in total. The minimum Gasteiger partial charge on any atom is -0.398 e. The van der Waals surface area contributed by atoms with Crippen molar-refractivity contribution >= 4 is 23.2 Å². The van der Waals surface area contributed by atoms with Crippen LogP contribution in [0.2, 0.25) is 5.02 Å². The van der Waals surface area contributed by atoms with Crippen LogP contribution in [0.5, 0.6) is 0 Å². The summed E-state index contributed by atoms with van der Waals surface area (Å²) in [4.78, 5) is 10.7. The van der Waals surface area contributed by atoms with Gasteiger partial charge in [0, 0.05) is 5.69 Å². The van der Waals surface area contributed by atoms with Crippen LogP contribution in [0, 0.1) is 5.82 Å². The number of nitrogens with two attached hydrogens (primary N) is 2. The predicted octanol–water partition coefficient (Wildman–Crippen LogP) is 1.16. The molecular weight excluding hydrogens is 183 g/mol. The zero-order valence-corrected chi connectivity index (χ0v) is 6.73. The van der Waals surface area contributed by atoms with Gasteiger partial charge in [-0.1, -0.05) is 11.6 Å². The summed E-state index contributed by atoms with van der Waals surface area (Å²) < 4.78 is 12.7. The van der Waals surface area contributed by atoms with Gasteiger partial charge in [0.15, 0.2) is 0 Å². The highest BCUT2D eigenvalue weighted by molar-refractivity contribution is 6.34. The molecule has 0 radical (unpaired) electrons. The van der Waals surface area contributed by atoms with Crippen LogP contribution in [0.1, 0.15) is 10.4 Å². The maximum absolute atomic E-state index is 12.7. The third-order valence-electron chi connectivity index (χ3n) is 1.37. The Balaban J connectivity index is 3.43. The van der Waals surface area contributed by atoms with Gasteiger partial charge >= 0.3 is 0 Å². The summed E-state index contributed by atoms with van der Waals surface area (Å²) in [6.07, 6.45) is 0. The summed E-state index contributed by atoms with van der Waals surface area (Å²) >= 11 is 5.44. The highest BCUT2D eigenvalue weighted by Crippen LogP contribution is 2.24. The summed E-state index contributed by atoms with van der Waals surface area (Å²) in [5.41, 5.74) is 10.2. The molecular formula is C7H6ClFN2O. The number of anilines is 1. The Morgan fingerprint density at radius 2 is 2.08 bits per heavy atom. The average Bonchev–Trinajstić information content (AvgIpc) is 1.97. The topological polar surface area (TPSA) is 69.1 Å². The third kappa shape index (κ3) is 1.33. The Hall–Kier alpha value is -1.29. The lowest BCUT2D eigenvalue weighted by molar-refractivity contribution is 0.100. The molecule has 0 aliphatic rings. The molecule has 1 aromatic rings. The second kappa shape index (κ2) is 2.98. The van der Waals surface area contributed by atoms with Gasteiger partial charge in [0.2, 0.25) is 0 Å². The fraction of sp³-hybridized carbons (Fsp3) is 0. The second-order valence-corrected chi connectivity index (χ2v) is 2.57. The molecule has 1 amide bonds. The maximum Gasteiger partial charge on any atom is 0.252 e. The molecule has 0 heterocycles. The first-order chi connectivity index (χ1) is 5.54. The normalized spacial score (nSPS) is 9.83. The smallest absolute Gasteiger partial charge is 0.252 e. The van der Waals surface area contributed by atoms with Crippen molar-refractivity contribution in [2.24, 2.45) is 5.73 Å². The van der Waals surface area contributed by atoms with E-state index in [1.807, 2.05) is 0 Å². The van der Waals surface area contributed by atoms with E-state index < -0.39 is 11.7 Å². The van der Waals surface area contributed by atoms with Crippen LogP contribution in [-0.2, 0) is 0 Å². The Bertz CT molecular complexity index is 340. The lowest BCUT2D eigenvalue weighted by atomic mass is 10.1. The molecule has 4 N–H and O–H groups in total. The number of amides is 1. The lowest BCUT2D eigenvalue weighted by Gasteiger charge is -2.03. The van der Waals surface area contributed by atoms with E-state index in [2.05, 4.69) is 0 Å². The van der Waals surface area contributed by atoms with E-state index in [0.717, 1.165) is 6.07 Å². The second-order valence-electron chi connectivity index (χ2n) is 2.19. The van der Waals surface area contributed by atoms with E-state index in [9.17, 15) is 9.18 Å². The van der Waals surface area contributed by atoms with Gasteiger partial charge in [-0.15, -0.1) is 0 Å². The molecule has 1 aromatic carbocycles. The number of hydrogen-bond donors (Lipinski definition) is 2. The molecule has 0 aliphatic heterocycles. The number of rotatable bonds is 1. The summed E-state index contributed by atoms with van der Waals surface area (Å²) in [5, 5.41) is -0.331. The minimum atomic E-state index is -0.836. The van der Waals surface area contributed by atoms with E-state index in [0.29, 0.717) is 0 Å². The van der Waals surface area contributed by atoms with Crippen molar-refractivity contribution in [1.82, 2.24) is 0 Å². The van der Waals surface area contributed by atoms with Gasteiger partial charge in [-0.05, 0) is 12.1 Å². The molecule has 0 fully saturated rings. The van der Waals surface area contributed by atoms with Crippen molar-refractivity contribution < 1.29 is 9.18 Å². The van der Waals surface area contributed by atoms with Crippen molar-refractivity contribution in [1.29, 1.82) is 0 Å². The van der Waals surface area contributed by atoms with Gasteiger partial charge in [0.25, 0.3) is 5.91 Å². The number of benzene rings is 1. The standard InChI is InChI=1S/C7H6ClFN2O/c8-6-3(9)1-2-4(10)5(6)7(11)12/h1-2H,10H2,(H2,11,12). The fourth-order valence-electron chi connectivity index (χ4n) is 0.816. The maximum atomic E-state index is 12.7. The van der Waals surface area contributed by atoms with Crippen LogP contribution >= 0.6 is 11.6 Å². The summed E-state index contributed by atoms with van der Waals surface area (Å²) in [6.45, 7) is 0. The molecule has 0 spiro atoms. The first kappa shape index (κ1) is 8.80. The number of hydrogen-bond acceptors (Lipinski definition) is 2. The van der Waals surface area contributed by atoms with E-state index in [1.165, 1.54) is 6.07 Å². The number of carbonyl (C=O) groups excluding carboxylic acids is 1. The highest BCUT2D eigenvalue weighted by Gasteiger charge is 2.14. The monoisotopic (exact) mass is 188 g/mol. The van der Waals surface area contributed by atoms with Crippen LogP contribution in [0.3, 0.4) is 0 Å². The molecule has 0 saturated carbocycles. The number of halogens is 2. The minimum absolute atomic E-state index is 0.0777. The number of nitrogen functional groups attached to an aromatic ring is 1. The van der Waals surface area contributed by atoms with Crippen LogP contribution < -0.4 is 11.5 Å². The van der Waals surface area contributed by atoms with Gasteiger partial charge in [-0.2, -0.15) is 0 Å². The Morgan fingerprint density at radius 3 is 2.50 bits per heavy atom. The molecule has 0 aromatic heterocycles. The first-order valence-corrected chi connectivity index (χ1v) is 3.45. The average molecular weight is 189 g/mol. The Morgan fingerprint density at radius 1 is 1.50 bits per heavy atom.